The van der Waals surface area contributed by atoms with Gasteiger partial charge in [-0.15, -0.1) is 0 Å². The van der Waals surface area contributed by atoms with Gasteiger partial charge in [0.05, 0.1) is 6.20 Å². The standard InChI is InChI=1S/C14H13N5S/c15-12-5-3-9(4-6-12)11-7-16-19(8-11)14-17-13(18-20-14)10-1-2-10/h3-8,10H,1-2,15H2. The van der Waals surface area contributed by atoms with Gasteiger partial charge in [-0.3, -0.25) is 0 Å². The van der Waals surface area contributed by atoms with Gasteiger partial charge in [0.15, 0.2) is 0 Å². The Labute approximate surface area is 120 Å². The molecule has 0 aliphatic heterocycles. The lowest BCUT2D eigenvalue weighted by molar-refractivity contribution is 0.852. The minimum Gasteiger partial charge on any atom is -0.399 e. The molecular weight excluding hydrogens is 270 g/mol. The molecule has 1 fully saturated rings. The van der Waals surface area contributed by atoms with Crippen LogP contribution < -0.4 is 5.73 Å². The van der Waals surface area contributed by atoms with Crippen molar-refractivity contribution in [3.8, 4) is 16.3 Å². The third-order valence-corrected chi connectivity index (χ3v) is 4.12. The fraction of sp³-hybridized carbons (Fsp3) is 0.214. The van der Waals surface area contributed by atoms with Crippen LogP contribution >= 0.6 is 11.5 Å². The van der Waals surface area contributed by atoms with Crippen LogP contribution in [-0.4, -0.2) is 19.1 Å². The molecule has 1 aliphatic rings. The highest BCUT2D eigenvalue weighted by Gasteiger charge is 2.28. The largest absolute Gasteiger partial charge is 0.399 e. The summed E-state index contributed by atoms with van der Waals surface area (Å²) in [5.74, 6) is 1.54. The van der Waals surface area contributed by atoms with Gasteiger partial charge < -0.3 is 5.73 Å². The number of hydrogen-bond donors (Lipinski definition) is 1. The zero-order valence-electron chi connectivity index (χ0n) is 10.7. The van der Waals surface area contributed by atoms with Crippen LogP contribution in [0, 0.1) is 0 Å². The molecule has 0 amide bonds. The van der Waals surface area contributed by atoms with E-state index in [1.54, 1.807) is 4.68 Å². The van der Waals surface area contributed by atoms with Crippen molar-refractivity contribution in [3.05, 3.63) is 42.5 Å². The number of nitrogens with two attached hydrogens (primary N) is 1. The predicted octanol–water partition coefficient (Wildman–Crippen LogP) is 2.85. The molecular formula is C14H13N5S. The van der Waals surface area contributed by atoms with Gasteiger partial charge in [0.1, 0.15) is 5.82 Å². The second-order valence-corrected chi connectivity index (χ2v) is 5.74. The van der Waals surface area contributed by atoms with Crippen molar-refractivity contribution in [1.82, 2.24) is 19.1 Å². The summed E-state index contributed by atoms with van der Waals surface area (Å²) in [5.41, 5.74) is 8.61. The molecule has 1 aromatic carbocycles. The normalized spacial score (nSPS) is 14.6. The fourth-order valence-electron chi connectivity index (χ4n) is 2.08. The zero-order valence-corrected chi connectivity index (χ0v) is 11.5. The Bertz CT molecular complexity index is 739. The van der Waals surface area contributed by atoms with E-state index in [0.29, 0.717) is 5.92 Å². The van der Waals surface area contributed by atoms with Crippen LogP contribution in [0.15, 0.2) is 36.7 Å². The maximum Gasteiger partial charge on any atom is 0.230 e. The lowest BCUT2D eigenvalue weighted by Crippen LogP contribution is -1.93. The third kappa shape index (κ3) is 2.08. The van der Waals surface area contributed by atoms with Crippen molar-refractivity contribution < 1.29 is 0 Å². The number of nitrogen functional groups attached to an aromatic ring is 1. The maximum atomic E-state index is 5.70. The first-order valence-electron chi connectivity index (χ1n) is 6.54. The Balaban J connectivity index is 1.64. The third-order valence-electron chi connectivity index (χ3n) is 3.40. The van der Waals surface area contributed by atoms with Crippen molar-refractivity contribution in [1.29, 1.82) is 0 Å². The van der Waals surface area contributed by atoms with E-state index in [1.165, 1.54) is 24.4 Å². The van der Waals surface area contributed by atoms with E-state index in [9.17, 15) is 0 Å². The molecule has 0 radical (unpaired) electrons. The van der Waals surface area contributed by atoms with Crippen LogP contribution in [0.3, 0.4) is 0 Å². The lowest BCUT2D eigenvalue weighted by atomic mass is 10.1. The van der Waals surface area contributed by atoms with Gasteiger partial charge in [0.25, 0.3) is 0 Å². The predicted molar refractivity (Wildman–Crippen MR) is 78.9 cm³/mol. The van der Waals surface area contributed by atoms with Gasteiger partial charge in [-0.05, 0) is 30.5 Å². The van der Waals surface area contributed by atoms with Gasteiger partial charge in [-0.1, -0.05) is 12.1 Å². The smallest absolute Gasteiger partial charge is 0.230 e. The minimum absolute atomic E-state index is 0.576. The highest BCUT2D eigenvalue weighted by molar-refractivity contribution is 7.08. The van der Waals surface area contributed by atoms with Crippen LogP contribution in [0.1, 0.15) is 24.6 Å². The first-order chi connectivity index (χ1) is 9.79. The van der Waals surface area contributed by atoms with Crippen LogP contribution in [0.5, 0.6) is 0 Å². The minimum atomic E-state index is 0.576. The Morgan fingerprint density at radius 2 is 1.95 bits per heavy atom. The molecule has 4 rings (SSSR count). The highest BCUT2D eigenvalue weighted by Crippen LogP contribution is 2.39. The molecule has 2 aromatic heterocycles. The van der Waals surface area contributed by atoms with E-state index >= 15 is 0 Å². The molecule has 0 atom stereocenters. The average molecular weight is 283 g/mol. The summed E-state index contributed by atoms with van der Waals surface area (Å²) in [4.78, 5) is 4.55. The zero-order chi connectivity index (χ0) is 13.5. The molecule has 100 valence electrons. The van der Waals surface area contributed by atoms with Crippen LogP contribution in [0.2, 0.25) is 0 Å². The SMILES string of the molecule is Nc1ccc(-c2cnn(-c3nc(C4CC4)ns3)c2)cc1. The first-order valence-corrected chi connectivity index (χ1v) is 7.31. The Morgan fingerprint density at radius 3 is 2.70 bits per heavy atom. The average Bonchev–Trinajstić information content (AvgIpc) is 3.01. The number of benzene rings is 1. The van der Waals surface area contributed by atoms with Crippen molar-refractivity contribution >= 4 is 17.2 Å². The molecule has 3 aromatic rings. The van der Waals surface area contributed by atoms with E-state index in [4.69, 9.17) is 5.73 Å². The van der Waals surface area contributed by atoms with Crippen molar-refractivity contribution in [2.75, 3.05) is 5.73 Å². The second-order valence-electron chi connectivity index (χ2n) is 5.01. The summed E-state index contributed by atoms with van der Waals surface area (Å²) in [6.07, 6.45) is 6.24. The van der Waals surface area contributed by atoms with Crippen LogP contribution in [0.4, 0.5) is 5.69 Å². The summed E-state index contributed by atoms with van der Waals surface area (Å²) in [7, 11) is 0. The molecule has 1 saturated carbocycles. The quantitative estimate of drug-likeness (QED) is 0.750. The molecule has 0 saturated heterocycles. The van der Waals surface area contributed by atoms with Gasteiger partial charge in [-0.25, -0.2) is 9.67 Å². The Hall–Kier alpha value is -2.21. The van der Waals surface area contributed by atoms with E-state index in [-0.39, 0.29) is 0 Å². The summed E-state index contributed by atoms with van der Waals surface area (Å²) in [6, 6.07) is 7.77. The van der Waals surface area contributed by atoms with Gasteiger partial charge in [0.2, 0.25) is 5.13 Å². The van der Waals surface area contributed by atoms with Crippen LogP contribution in [-0.2, 0) is 0 Å². The topological polar surface area (TPSA) is 69.6 Å². The molecule has 0 spiro atoms. The molecule has 20 heavy (non-hydrogen) atoms. The maximum absolute atomic E-state index is 5.70. The molecule has 0 bridgehead atoms. The highest BCUT2D eigenvalue weighted by atomic mass is 32.1. The molecule has 0 unspecified atom stereocenters. The summed E-state index contributed by atoms with van der Waals surface area (Å²) in [6.45, 7) is 0. The van der Waals surface area contributed by atoms with Crippen LogP contribution in [0.25, 0.3) is 16.3 Å². The number of aromatic nitrogens is 4. The number of rotatable bonds is 3. The molecule has 5 nitrogen and oxygen atoms in total. The summed E-state index contributed by atoms with van der Waals surface area (Å²) in [5, 5.41) is 5.20. The first kappa shape index (κ1) is 11.6. The van der Waals surface area contributed by atoms with E-state index in [1.807, 2.05) is 36.7 Å². The van der Waals surface area contributed by atoms with Gasteiger partial charge in [0, 0.05) is 34.9 Å². The van der Waals surface area contributed by atoms with Gasteiger partial charge >= 0.3 is 0 Å². The van der Waals surface area contributed by atoms with Gasteiger partial charge in [-0.2, -0.15) is 9.47 Å². The summed E-state index contributed by atoms with van der Waals surface area (Å²) >= 11 is 1.40. The van der Waals surface area contributed by atoms with E-state index in [2.05, 4.69) is 14.5 Å². The Morgan fingerprint density at radius 1 is 1.15 bits per heavy atom. The number of hydrogen-bond acceptors (Lipinski definition) is 5. The molecule has 6 heteroatoms. The fourth-order valence-corrected chi connectivity index (χ4v) is 2.76. The molecule has 1 aliphatic carbocycles. The number of nitrogens with zero attached hydrogens (tertiary/aromatic N) is 4. The lowest BCUT2D eigenvalue weighted by Gasteiger charge is -1.97. The van der Waals surface area contributed by atoms with Crippen molar-refractivity contribution in [3.63, 3.8) is 0 Å². The second kappa shape index (κ2) is 4.42. The van der Waals surface area contributed by atoms with Crippen molar-refractivity contribution in [2.24, 2.45) is 0 Å². The molecule has 2 heterocycles. The van der Waals surface area contributed by atoms with E-state index < -0.39 is 0 Å². The van der Waals surface area contributed by atoms with Crippen molar-refractivity contribution in [2.45, 2.75) is 18.8 Å². The van der Waals surface area contributed by atoms with E-state index in [0.717, 1.165) is 27.8 Å². The Kier molecular flexibility index (Phi) is 2.56. The number of anilines is 1. The monoisotopic (exact) mass is 283 g/mol. The molecule has 2 N–H and O–H groups in total. The summed E-state index contributed by atoms with van der Waals surface area (Å²) < 4.78 is 6.19.